The third-order valence-electron chi connectivity index (χ3n) is 3.50. The first-order chi connectivity index (χ1) is 12.5. The Bertz CT molecular complexity index is 892. The summed E-state index contributed by atoms with van der Waals surface area (Å²) in [6.07, 6.45) is -0.669. The predicted octanol–water partition coefficient (Wildman–Crippen LogP) is 3.80. The Kier molecular flexibility index (Phi) is 6.05. The lowest BCUT2D eigenvalue weighted by Crippen LogP contribution is -2.34. The molecule has 0 fully saturated rings. The van der Waals surface area contributed by atoms with Crippen LogP contribution < -0.4 is 10.6 Å². The Morgan fingerprint density at radius 1 is 1.04 bits per heavy atom. The van der Waals surface area contributed by atoms with Gasteiger partial charge in [-0.3, -0.25) is 9.59 Å². The SMILES string of the molecule is O=C(NCc1ccc(C(O)c2cccs2)s1)C(=O)Nc1ccc(Cl)cc1. The van der Waals surface area contributed by atoms with E-state index >= 15 is 0 Å². The molecule has 3 aromatic rings. The van der Waals surface area contributed by atoms with Crippen LogP contribution in [0.2, 0.25) is 5.02 Å². The van der Waals surface area contributed by atoms with Crippen LogP contribution in [0.3, 0.4) is 0 Å². The van der Waals surface area contributed by atoms with Gasteiger partial charge in [-0.25, -0.2) is 0 Å². The molecule has 1 atom stereocenters. The van der Waals surface area contributed by atoms with Crippen LogP contribution in [0.4, 0.5) is 5.69 Å². The number of amides is 2. The summed E-state index contributed by atoms with van der Waals surface area (Å²) in [7, 11) is 0. The van der Waals surface area contributed by atoms with Crippen LogP contribution in [0.1, 0.15) is 20.7 Å². The number of anilines is 1. The number of carbonyl (C=O) groups is 2. The van der Waals surface area contributed by atoms with Crippen LogP contribution in [0.5, 0.6) is 0 Å². The Morgan fingerprint density at radius 2 is 1.81 bits per heavy atom. The predicted molar refractivity (Wildman–Crippen MR) is 105 cm³/mol. The van der Waals surface area contributed by atoms with Crippen molar-refractivity contribution in [2.75, 3.05) is 5.32 Å². The Balaban J connectivity index is 1.53. The largest absolute Gasteiger partial charge is 0.382 e. The van der Waals surface area contributed by atoms with E-state index in [0.29, 0.717) is 10.7 Å². The Hall–Kier alpha value is -2.19. The third-order valence-corrected chi connectivity index (χ3v) is 5.81. The van der Waals surface area contributed by atoms with Gasteiger partial charge in [0.1, 0.15) is 6.10 Å². The van der Waals surface area contributed by atoms with Crippen LogP contribution in [-0.2, 0) is 16.1 Å². The first kappa shape index (κ1) is 18.6. The number of nitrogens with one attached hydrogen (secondary N) is 2. The lowest BCUT2D eigenvalue weighted by Gasteiger charge is -2.06. The van der Waals surface area contributed by atoms with E-state index in [1.54, 1.807) is 24.3 Å². The fourth-order valence-corrected chi connectivity index (χ4v) is 4.08. The summed E-state index contributed by atoms with van der Waals surface area (Å²) in [4.78, 5) is 26.3. The van der Waals surface area contributed by atoms with Gasteiger partial charge < -0.3 is 15.7 Å². The maximum atomic E-state index is 11.9. The molecule has 0 radical (unpaired) electrons. The molecule has 2 aromatic heterocycles. The molecule has 1 aromatic carbocycles. The quantitative estimate of drug-likeness (QED) is 0.564. The van der Waals surface area contributed by atoms with Crippen molar-refractivity contribution in [3.8, 4) is 0 Å². The number of hydrogen-bond acceptors (Lipinski definition) is 5. The summed E-state index contributed by atoms with van der Waals surface area (Å²) in [6.45, 7) is 0.217. The van der Waals surface area contributed by atoms with E-state index in [1.165, 1.54) is 22.7 Å². The molecule has 134 valence electrons. The number of aliphatic hydroxyl groups is 1. The van der Waals surface area contributed by atoms with E-state index < -0.39 is 17.9 Å². The molecule has 0 saturated heterocycles. The fourth-order valence-electron chi connectivity index (χ4n) is 2.19. The van der Waals surface area contributed by atoms with Gasteiger partial charge in [0.05, 0.1) is 6.54 Å². The minimum atomic E-state index is -0.747. The summed E-state index contributed by atoms with van der Waals surface area (Å²) < 4.78 is 0. The van der Waals surface area contributed by atoms with Gasteiger partial charge in [-0.1, -0.05) is 17.7 Å². The molecule has 0 bridgehead atoms. The minimum Gasteiger partial charge on any atom is -0.382 e. The standard InChI is InChI=1S/C18H15ClN2O3S2/c19-11-3-5-12(6-4-11)21-18(24)17(23)20-10-13-7-8-15(26-13)16(22)14-2-1-9-25-14/h1-9,16,22H,10H2,(H,20,23)(H,21,24). The molecule has 26 heavy (non-hydrogen) atoms. The van der Waals surface area contributed by atoms with Crippen LogP contribution >= 0.6 is 34.3 Å². The summed E-state index contributed by atoms with van der Waals surface area (Å²) in [5, 5.41) is 17.8. The van der Waals surface area contributed by atoms with E-state index in [0.717, 1.165) is 14.6 Å². The fraction of sp³-hybridized carbons (Fsp3) is 0.111. The summed E-state index contributed by atoms with van der Waals surface area (Å²) in [5.74, 6) is -1.48. The highest BCUT2D eigenvalue weighted by Gasteiger charge is 2.16. The molecule has 8 heteroatoms. The molecule has 3 N–H and O–H groups in total. The molecule has 1 unspecified atom stereocenters. The van der Waals surface area contributed by atoms with Gasteiger partial charge in [-0.2, -0.15) is 0 Å². The molecule has 0 aliphatic rings. The number of aliphatic hydroxyl groups excluding tert-OH is 1. The molecule has 2 heterocycles. The Labute approximate surface area is 163 Å². The van der Waals surface area contributed by atoms with Crippen molar-refractivity contribution < 1.29 is 14.7 Å². The van der Waals surface area contributed by atoms with Crippen LogP contribution in [0.15, 0.2) is 53.9 Å². The number of halogens is 1. The molecular formula is C18H15ClN2O3S2. The van der Waals surface area contributed by atoms with E-state index in [1.807, 2.05) is 29.6 Å². The molecule has 0 spiro atoms. The van der Waals surface area contributed by atoms with Gasteiger partial charge in [0.2, 0.25) is 0 Å². The van der Waals surface area contributed by atoms with Crippen molar-refractivity contribution in [2.45, 2.75) is 12.6 Å². The lowest BCUT2D eigenvalue weighted by molar-refractivity contribution is -0.136. The smallest absolute Gasteiger partial charge is 0.313 e. The van der Waals surface area contributed by atoms with Crippen LogP contribution in [-0.4, -0.2) is 16.9 Å². The van der Waals surface area contributed by atoms with E-state index in [-0.39, 0.29) is 6.54 Å². The molecule has 0 aliphatic heterocycles. The van der Waals surface area contributed by atoms with Gasteiger partial charge >= 0.3 is 11.8 Å². The summed E-state index contributed by atoms with van der Waals surface area (Å²) >= 11 is 8.66. The first-order valence-electron chi connectivity index (χ1n) is 7.68. The minimum absolute atomic E-state index is 0.217. The maximum Gasteiger partial charge on any atom is 0.313 e. The zero-order chi connectivity index (χ0) is 18.5. The van der Waals surface area contributed by atoms with Crippen molar-refractivity contribution in [3.63, 3.8) is 0 Å². The second-order valence-electron chi connectivity index (χ2n) is 5.37. The highest BCUT2D eigenvalue weighted by atomic mass is 35.5. The normalized spacial score (nSPS) is 11.8. The zero-order valence-electron chi connectivity index (χ0n) is 13.4. The van der Waals surface area contributed by atoms with E-state index in [9.17, 15) is 14.7 Å². The maximum absolute atomic E-state index is 11.9. The Morgan fingerprint density at radius 3 is 2.50 bits per heavy atom. The molecule has 0 saturated carbocycles. The number of thiophene rings is 2. The number of carbonyl (C=O) groups excluding carboxylic acids is 2. The highest BCUT2D eigenvalue weighted by molar-refractivity contribution is 7.12. The second-order valence-corrected chi connectivity index (χ2v) is 7.98. The monoisotopic (exact) mass is 406 g/mol. The highest BCUT2D eigenvalue weighted by Crippen LogP contribution is 2.30. The van der Waals surface area contributed by atoms with Gasteiger partial charge in [-0.05, 0) is 47.8 Å². The van der Waals surface area contributed by atoms with Gasteiger partial charge in [-0.15, -0.1) is 22.7 Å². The van der Waals surface area contributed by atoms with Crippen molar-refractivity contribution in [2.24, 2.45) is 0 Å². The molecular weight excluding hydrogens is 392 g/mol. The second kappa shape index (κ2) is 8.46. The molecule has 0 aliphatic carbocycles. The van der Waals surface area contributed by atoms with Crippen molar-refractivity contribution in [3.05, 3.63) is 73.6 Å². The topological polar surface area (TPSA) is 78.4 Å². The van der Waals surface area contributed by atoms with Crippen LogP contribution in [0, 0.1) is 0 Å². The van der Waals surface area contributed by atoms with Crippen molar-refractivity contribution in [1.29, 1.82) is 0 Å². The zero-order valence-corrected chi connectivity index (χ0v) is 15.8. The van der Waals surface area contributed by atoms with E-state index in [2.05, 4.69) is 10.6 Å². The van der Waals surface area contributed by atoms with Crippen LogP contribution in [0.25, 0.3) is 0 Å². The third kappa shape index (κ3) is 4.70. The summed E-state index contributed by atoms with van der Waals surface area (Å²) in [6, 6.07) is 13.9. The lowest BCUT2D eigenvalue weighted by atomic mass is 10.2. The number of benzene rings is 1. The van der Waals surface area contributed by atoms with Gasteiger partial charge in [0.25, 0.3) is 0 Å². The van der Waals surface area contributed by atoms with Crippen molar-refractivity contribution >= 4 is 51.8 Å². The van der Waals surface area contributed by atoms with E-state index in [4.69, 9.17) is 11.6 Å². The van der Waals surface area contributed by atoms with Gasteiger partial charge in [0.15, 0.2) is 0 Å². The first-order valence-corrected chi connectivity index (χ1v) is 9.75. The average Bonchev–Trinajstić information content (AvgIpc) is 3.33. The van der Waals surface area contributed by atoms with Gasteiger partial charge in [0, 0.05) is 25.3 Å². The average molecular weight is 407 g/mol. The number of hydrogen-bond donors (Lipinski definition) is 3. The van der Waals surface area contributed by atoms with Crippen molar-refractivity contribution in [1.82, 2.24) is 5.32 Å². The molecule has 2 amide bonds. The molecule has 5 nitrogen and oxygen atoms in total. The summed E-state index contributed by atoms with van der Waals surface area (Å²) in [5.41, 5.74) is 0.493. The number of rotatable bonds is 5. The molecule has 3 rings (SSSR count).